The first-order valence-corrected chi connectivity index (χ1v) is 12.0. The SMILES string of the molecule is COc1ccc(OC)c(C=NNC(=O)CSc2nnc(SCc3ccc(C)cc3)s2)c1. The molecule has 31 heavy (non-hydrogen) atoms. The quantitative estimate of drug-likeness (QED) is 0.265. The summed E-state index contributed by atoms with van der Waals surface area (Å²) in [6.45, 7) is 2.07. The van der Waals surface area contributed by atoms with Gasteiger partial charge in [0.2, 0.25) is 0 Å². The Balaban J connectivity index is 1.45. The molecule has 0 fully saturated rings. The maximum atomic E-state index is 12.1. The van der Waals surface area contributed by atoms with Crippen LogP contribution in [0.2, 0.25) is 0 Å². The van der Waals surface area contributed by atoms with Crippen molar-refractivity contribution in [1.29, 1.82) is 0 Å². The van der Waals surface area contributed by atoms with Crippen LogP contribution in [0.3, 0.4) is 0 Å². The van der Waals surface area contributed by atoms with E-state index in [1.54, 1.807) is 44.2 Å². The molecule has 1 aromatic heterocycles. The zero-order valence-electron chi connectivity index (χ0n) is 17.3. The van der Waals surface area contributed by atoms with Crippen LogP contribution in [0.15, 0.2) is 56.2 Å². The van der Waals surface area contributed by atoms with Gasteiger partial charge in [-0.3, -0.25) is 4.79 Å². The lowest BCUT2D eigenvalue weighted by Crippen LogP contribution is -2.19. The lowest BCUT2D eigenvalue weighted by atomic mass is 10.2. The summed E-state index contributed by atoms with van der Waals surface area (Å²) < 4.78 is 12.1. The molecule has 0 aliphatic heterocycles. The number of hydrogen-bond acceptors (Lipinski definition) is 9. The second-order valence-corrected chi connectivity index (χ2v) is 9.72. The number of ether oxygens (including phenoxy) is 2. The molecule has 0 saturated heterocycles. The first kappa shape index (κ1) is 23.1. The molecule has 0 radical (unpaired) electrons. The van der Waals surface area contributed by atoms with Crippen LogP contribution < -0.4 is 14.9 Å². The van der Waals surface area contributed by atoms with E-state index >= 15 is 0 Å². The molecule has 0 aliphatic rings. The number of benzene rings is 2. The number of nitrogens with zero attached hydrogens (tertiary/aromatic N) is 3. The summed E-state index contributed by atoms with van der Waals surface area (Å²) in [5.74, 6) is 2.12. The summed E-state index contributed by atoms with van der Waals surface area (Å²) in [6.07, 6.45) is 1.52. The van der Waals surface area contributed by atoms with Gasteiger partial charge in [-0.25, -0.2) is 5.43 Å². The second kappa shape index (κ2) is 11.7. The Labute approximate surface area is 193 Å². The van der Waals surface area contributed by atoms with Crippen molar-refractivity contribution in [3.05, 3.63) is 59.2 Å². The first-order valence-electron chi connectivity index (χ1n) is 9.26. The molecule has 0 unspecified atom stereocenters. The Morgan fingerprint density at radius 3 is 2.55 bits per heavy atom. The fourth-order valence-corrected chi connectivity index (χ4v) is 5.19. The Kier molecular flexibility index (Phi) is 8.74. The third kappa shape index (κ3) is 7.27. The predicted octanol–water partition coefficient (Wildman–Crippen LogP) is 4.40. The zero-order valence-corrected chi connectivity index (χ0v) is 19.8. The van der Waals surface area contributed by atoms with Gasteiger partial charge in [-0.2, -0.15) is 5.10 Å². The van der Waals surface area contributed by atoms with E-state index in [0.29, 0.717) is 17.1 Å². The van der Waals surface area contributed by atoms with E-state index in [9.17, 15) is 4.79 Å². The average Bonchev–Trinajstić information content (AvgIpc) is 3.25. The Morgan fingerprint density at radius 2 is 1.84 bits per heavy atom. The predicted molar refractivity (Wildman–Crippen MR) is 127 cm³/mol. The summed E-state index contributed by atoms with van der Waals surface area (Å²) in [5, 5.41) is 12.3. The van der Waals surface area contributed by atoms with E-state index in [1.807, 2.05) is 0 Å². The first-order chi connectivity index (χ1) is 15.1. The van der Waals surface area contributed by atoms with E-state index in [4.69, 9.17) is 9.47 Å². The number of aryl methyl sites for hydroxylation is 1. The van der Waals surface area contributed by atoms with Gasteiger partial charge in [-0.05, 0) is 30.7 Å². The third-order valence-electron chi connectivity index (χ3n) is 4.03. The molecule has 0 spiro atoms. The van der Waals surface area contributed by atoms with Crippen molar-refractivity contribution < 1.29 is 14.3 Å². The van der Waals surface area contributed by atoms with Gasteiger partial charge in [0.05, 0.1) is 26.2 Å². The van der Waals surface area contributed by atoms with Crippen molar-refractivity contribution >= 4 is 47.0 Å². The molecule has 0 saturated carbocycles. The molecule has 1 amide bonds. The highest BCUT2D eigenvalue weighted by molar-refractivity contribution is 8.03. The summed E-state index contributed by atoms with van der Waals surface area (Å²) in [4.78, 5) is 12.1. The standard InChI is InChI=1S/C21H22N4O3S3/c1-14-4-6-15(7-5-14)12-29-20-24-25-21(31-20)30-13-19(26)23-22-11-16-10-17(27-2)8-9-18(16)28-3/h4-11H,12-13H2,1-3H3,(H,23,26). The van der Waals surface area contributed by atoms with Gasteiger partial charge in [-0.15, -0.1) is 10.2 Å². The van der Waals surface area contributed by atoms with Crippen LogP contribution in [0, 0.1) is 6.92 Å². The number of aromatic nitrogens is 2. The minimum absolute atomic E-state index is 0.198. The van der Waals surface area contributed by atoms with Crippen LogP contribution in [0.25, 0.3) is 0 Å². The topological polar surface area (TPSA) is 85.7 Å². The average molecular weight is 475 g/mol. The van der Waals surface area contributed by atoms with Crippen molar-refractivity contribution in [3.8, 4) is 11.5 Å². The van der Waals surface area contributed by atoms with E-state index in [1.165, 1.54) is 40.4 Å². The minimum Gasteiger partial charge on any atom is -0.497 e. The number of hydrazone groups is 1. The third-order valence-corrected chi connectivity index (χ3v) is 7.29. The summed E-state index contributed by atoms with van der Waals surface area (Å²) in [6, 6.07) is 13.8. The highest BCUT2D eigenvalue weighted by Gasteiger charge is 2.09. The van der Waals surface area contributed by atoms with Gasteiger partial charge in [0, 0.05) is 11.3 Å². The van der Waals surface area contributed by atoms with Gasteiger partial charge in [0.25, 0.3) is 5.91 Å². The maximum Gasteiger partial charge on any atom is 0.250 e. The summed E-state index contributed by atoms with van der Waals surface area (Å²) in [7, 11) is 3.16. The Bertz CT molecular complexity index is 1040. The van der Waals surface area contributed by atoms with Crippen LogP contribution in [0.1, 0.15) is 16.7 Å². The summed E-state index contributed by atoms with van der Waals surface area (Å²) in [5.41, 5.74) is 5.70. The number of nitrogens with one attached hydrogen (secondary N) is 1. The fourth-order valence-electron chi connectivity index (χ4n) is 2.42. The maximum absolute atomic E-state index is 12.1. The van der Waals surface area contributed by atoms with Gasteiger partial charge >= 0.3 is 0 Å². The molecule has 0 atom stereocenters. The van der Waals surface area contributed by atoms with Crippen LogP contribution in [-0.4, -0.2) is 42.3 Å². The second-order valence-electron chi connectivity index (χ2n) is 6.30. The molecule has 2 aromatic carbocycles. The molecule has 0 aliphatic carbocycles. The monoisotopic (exact) mass is 474 g/mol. The smallest absolute Gasteiger partial charge is 0.250 e. The summed E-state index contributed by atoms with van der Waals surface area (Å²) >= 11 is 4.45. The molecule has 7 nitrogen and oxygen atoms in total. The molecular formula is C21H22N4O3S3. The van der Waals surface area contributed by atoms with E-state index < -0.39 is 0 Å². The van der Waals surface area contributed by atoms with E-state index in [-0.39, 0.29) is 11.7 Å². The number of rotatable bonds is 10. The van der Waals surface area contributed by atoms with Gasteiger partial charge in [-0.1, -0.05) is 64.7 Å². The highest BCUT2D eigenvalue weighted by Crippen LogP contribution is 2.30. The number of amides is 1. The fraction of sp³-hybridized carbons (Fsp3) is 0.238. The number of methoxy groups -OCH3 is 2. The molecule has 10 heteroatoms. The molecule has 1 heterocycles. The van der Waals surface area contributed by atoms with Crippen molar-refractivity contribution in [2.75, 3.05) is 20.0 Å². The van der Waals surface area contributed by atoms with Gasteiger partial charge < -0.3 is 9.47 Å². The Morgan fingerprint density at radius 1 is 1.10 bits per heavy atom. The van der Waals surface area contributed by atoms with Crippen molar-refractivity contribution in [2.45, 2.75) is 21.4 Å². The largest absolute Gasteiger partial charge is 0.497 e. The lowest BCUT2D eigenvalue weighted by Gasteiger charge is -2.06. The van der Waals surface area contributed by atoms with E-state index in [0.717, 1.165) is 14.4 Å². The van der Waals surface area contributed by atoms with Crippen molar-refractivity contribution in [1.82, 2.24) is 15.6 Å². The normalized spacial score (nSPS) is 10.9. The van der Waals surface area contributed by atoms with Crippen molar-refractivity contribution in [2.24, 2.45) is 5.10 Å². The van der Waals surface area contributed by atoms with Crippen LogP contribution in [0.5, 0.6) is 11.5 Å². The minimum atomic E-state index is -0.229. The van der Waals surface area contributed by atoms with Crippen molar-refractivity contribution in [3.63, 3.8) is 0 Å². The number of carbonyl (C=O) groups is 1. The highest BCUT2D eigenvalue weighted by atomic mass is 32.2. The molecule has 3 aromatic rings. The molecule has 3 rings (SSSR count). The van der Waals surface area contributed by atoms with Crippen LogP contribution in [-0.2, 0) is 10.5 Å². The van der Waals surface area contributed by atoms with Crippen LogP contribution in [0.4, 0.5) is 0 Å². The molecule has 0 bridgehead atoms. The molecule has 162 valence electrons. The molecular weight excluding hydrogens is 452 g/mol. The number of carbonyl (C=O) groups excluding carboxylic acids is 1. The van der Waals surface area contributed by atoms with Crippen LogP contribution >= 0.6 is 34.9 Å². The molecule has 1 N–H and O–H groups in total. The van der Waals surface area contributed by atoms with E-state index in [2.05, 4.69) is 51.9 Å². The van der Waals surface area contributed by atoms with Gasteiger partial charge in [0.1, 0.15) is 11.5 Å². The Hall–Kier alpha value is -2.56. The number of thioether (sulfide) groups is 2. The zero-order chi connectivity index (χ0) is 22.1. The lowest BCUT2D eigenvalue weighted by molar-refractivity contribution is -0.118. The van der Waals surface area contributed by atoms with Gasteiger partial charge in [0.15, 0.2) is 8.68 Å². The number of hydrogen-bond donors (Lipinski definition) is 1.